The fraction of sp³-hybridized carbons (Fsp3) is 0.250. The number of hydrogen-bond donors (Lipinski definition) is 1. The lowest BCUT2D eigenvalue weighted by atomic mass is 9.99. The molecule has 1 fully saturated rings. The molecule has 2 aromatic rings. The molecule has 1 N–H and O–H groups in total. The minimum Gasteiger partial charge on any atom is -0.463 e. The molecule has 3 amide bonds. The molecular weight excluding hydrogens is 304 g/mol. The molecule has 22 heavy (non-hydrogen) atoms. The lowest BCUT2D eigenvalue weighted by molar-refractivity contribution is -0.132. The summed E-state index contributed by atoms with van der Waals surface area (Å²) in [6, 6.07) is 10.1. The maximum atomic E-state index is 12.7. The number of nitrogens with one attached hydrogen (secondary N) is 1. The first-order valence-electron chi connectivity index (χ1n) is 6.85. The van der Waals surface area contributed by atoms with Crippen molar-refractivity contribution < 1.29 is 14.0 Å². The van der Waals surface area contributed by atoms with Crippen LogP contribution in [0, 0.1) is 6.92 Å². The van der Waals surface area contributed by atoms with Gasteiger partial charge in [0.05, 0.1) is 6.54 Å². The van der Waals surface area contributed by atoms with E-state index in [1.54, 1.807) is 50.2 Å². The summed E-state index contributed by atoms with van der Waals surface area (Å²) in [6.07, 6.45) is 0. The third-order valence-electron chi connectivity index (χ3n) is 3.76. The number of imide groups is 1. The van der Waals surface area contributed by atoms with E-state index in [0.717, 1.165) is 5.56 Å². The Labute approximate surface area is 132 Å². The van der Waals surface area contributed by atoms with Crippen molar-refractivity contribution in [2.24, 2.45) is 0 Å². The quantitative estimate of drug-likeness (QED) is 0.884. The van der Waals surface area contributed by atoms with Gasteiger partial charge in [0.1, 0.15) is 11.5 Å². The van der Waals surface area contributed by atoms with Gasteiger partial charge in [-0.05, 0) is 43.7 Å². The van der Waals surface area contributed by atoms with Crippen LogP contribution in [0.3, 0.4) is 0 Å². The molecule has 0 bridgehead atoms. The van der Waals surface area contributed by atoms with Gasteiger partial charge in [-0.3, -0.25) is 9.69 Å². The van der Waals surface area contributed by atoms with Crippen molar-refractivity contribution in [2.45, 2.75) is 25.9 Å². The summed E-state index contributed by atoms with van der Waals surface area (Å²) in [5, 5.41) is 3.32. The van der Waals surface area contributed by atoms with Crippen molar-refractivity contribution in [3.8, 4) is 0 Å². The number of amides is 3. The molecule has 1 atom stereocenters. The Morgan fingerprint density at radius 3 is 2.45 bits per heavy atom. The molecule has 1 aromatic carbocycles. The molecule has 3 rings (SSSR count). The minimum absolute atomic E-state index is 0.192. The van der Waals surface area contributed by atoms with E-state index in [2.05, 4.69) is 5.32 Å². The number of halogens is 1. The van der Waals surface area contributed by atoms with Gasteiger partial charge >= 0.3 is 6.03 Å². The van der Waals surface area contributed by atoms with Crippen molar-refractivity contribution in [1.29, 1.82) is 0 Å². The van der Waals surface area contributed by atoms with Crippen LogP contribution in [-0.4, -0.2) is 16.8 Å². The lowest BCUT2D eigenvalue weighted by Gasteiger charge is -2.19. The van der Waals surface area contributed by atoms with Gasteiger partial charge in [0.25, 0.3) is 5.91 Å². The molecule has 5 nitrogen and oxygen atoms in total. The minimum atomic E-state index is -1.17. The topological polar surface area (TPSA) is 62.6 Å². The van der Waals surface area contributed by atoms with Gasteiger partial charge in [0.15, 0.2) is 5.54 Å². The van der Waals surface area contributed by atoms with E-state index in [4.69, 9.17) is 16.0 Å². The van der Waals surface area contributed by atoms with Crippen LogP contribution in [0.1, 0.15) is 24.0 Å². The summed E-state index contributed by atoms with van der Waals surface area (Å²) in [5.74, 6) is 0.790. The van der Waals surface area contributed by atoms with Crippen LogP contribution in [0.4, 0.5) is 4.79 Å². The van der Waals surface area contributed by atoms with Crippen molar-refractivity contribution in [1.82, 2.24) is 10.2 Å². The van der Waals surface area contributed by atoms with E-state index < -0.39 is 11.6 Å². The Balaban J connectivity index is 1.86. The first-order valence-corrected chi connectivity index (χ1v) is 7.23. The van der Waals surface area contributed by atoms with Crippen molar-refractivity contribution in [3.05, 3.63) is 58.5 Å². The largest absolute Gasteiger partial charge is 0.463 e. The maximum absolute atomic E-state index is 12.7. The number of aryl methyl sites for hydroxylation is 1. The van der Waals surface area contributed by atoms with Crippen molar-refractivity contribution in [2.75, 3.05) is 0 Å². The standard InChI is InChI=1S/C16H15ClN2O3/c1-10-3-8-13(22-10)16(2)14(20)19(15(21)18-16)9-11-4-6-12(17)7-5-11/h3-8H,9H2,1-2H3,(H,18,21)/t16-/m1/s1. The van der Waals surface area contributed by atoms with E-state index in [1.807, 2.05) is 0 Å². The SMILES string of the molecule is Cc1ccc([C@@]2(C)NC(=O)N(Cc3ccc(Cl)cc3)C2=O)o1. The van der Waals surface area contributed by atoms with Crippen LogP contribution < -0.4 is 5.32 Å². The highest BCUT2D eigenvalue weighted by Crippen LogP contribution is 2.31. The van der Waals surface area contributed by atoms with Crippen LogP contribution in [0.5, 0.6) is 0 Å². The van der Waals surface area contributed by atoms with Crippen LogP contribution in [0.25, 0.3) is 0 Å². The maximum Gasteiger partial charge on any atom is 0.325 e. The van der Waals surface area contributed by atoms with Crippen LogP contribution >= 0.6 is 11.6 Å². The molecule has 1 aliphatic rings. The predicted octanol–water partition coefficient (Wildman–Crippen LogP) is 3.21. The summed E-state index contributed by atoms with van der Waals surface area (Å²) in [4.78, 5) is 26.0. The third-order valence-corrected chi connectivity index (χ3v) is 4.01. The van der Waals surface area contributed by atoms with Gasteiger partial charge in [-0.1, -0.05) is 23.7 Å². The Bertz CT molecular complexity index is 738. The van der Waals surface area contributed by atoms with E-state index in [0.29, 0.717) is 16.5 Å². The smallest absolute Gasteiger partial charge is 0.325 e. The Hall–Kier alpha value is -2.27. The monoisotopic (exact) mass is 318 g/mol. The van der Waals surface area contributed by atoms with E-state index in [1.165, 1.54) is 4.90 Å². The number of carbonyl (C=O) groups excluding carboxylic acids is 2. The number of nitrogens with zero attached hydrogens (tertiary/aromatic N) is 1. The molecule has 114 valence electrons. The fourth-order valence-electron chi connectivity index (χ4n) is 2.48. The highest BCUT2D eigenvalue weighted by molar-refractivity contribution is 6.30. The molecule has 0 radical (unpaired) electrons. The zero-order valence-corrected chi connectivity index (χ0v) is 13.0. The number of rotatable bonds is 3. The third kappa shape index (κ3) is 2.37. The van der Waals surface area contributed by atoms with Crippen molar-refractivity contribution >= 4 is 23.5 Å². The number of carbonyl (C=O) groups is 2. The van der Waals surface area contributed by atoms with E-state index >= 15 is 0 Å². The van der Waals surface area contributed by atoms with Crippen LogP contribution in [-0.2, 0) is 16.9 Å². The van der Waals surface area contributed by atoms with Crippen molar-refractivity contribution in [3.63, 3.8) is 0 Å². The first kappa shape index (κ1) is 14.7. The Morgan fingerprint density at radius 1 is 1.18 bits per heavy atom. The summed E-state index contributed by atoms with van der Waals surface area (Å²) in [7, 11) is 0. The molecule has 0 aliphatic carbocycles. The second kappa shape index (κ2) is 5.18. The normalized spacial score (nSPS) is 21.3. The number of hydrogen-bond acceptors (Lipinski definition) is 3. The van der Waals surface area contributed by atoms with Crippen LogP contribution in [0.2, 0.25) is 5.02 Å². The molecule has 1 aliphatic heterocycles. The summed E-state index contributed by atoms with van der Waals surface area (Å²) in [5.41, 5.74) is -0.342. The van der Waals surface area contributed by atoms with Gasteiger partial charge in [-0.15, -0.1) is 0 Å². The summed E-state index contributed by atoms with van der Waals surface area (Å²) < 4.78 is 5.52. The first-order chi connectivity index (χ1) is 10.4. The van der Waals surface area contributed by atoms with E-state index in [-0.39, 0.29) is 12.5 Å². The zero-order valence-electron chi connectivity index (χ0n) is 12.2. The molecule has 2 heterocycles. The summed E-state index contributed by atoms with van der Waals surface area (Å²) in [6.45, 7) is 3.63. The highest BCUT2D eigenvalue weighted by atomic mass is 35.5. The second-order valence-electron chi connectivity index (χ2n) is 5.48. The van der Waals surface area contributed by atoms with Crippen LogP contribution in [0.15, 0.2) is 40.8 Å². The van der Waals surface area contributed by atoms with Gasteiger partial charge in [0.2, 0.25) is 0 Å². The van der Waals surface area contributed by atoms with Gasteiger partial charge in [0, 0.05) is 5.02 Å². The van der Waals surface area contributed by atoms with E-state index in [9.17, 15) is 9.59 Å². The molecule has 0 spiro atoms. The summed E-state index contributed by atoms with van der Waals surface area (Å²) >= 11 is 5.84. The lowest BCUT2D eigenvalue weighted by Crippen LogP contribution is -2.40. The van der Waals surface area contributed by atoms with Gasteiger partial charge in [-0.2, -0.15) is 0 Å². The molecule has 1 saturated heterocycles. The Kier molecular flexibility index (Phi) is 3.45. The Morgan fingerprint density at radius 2 is 1.86 bits per heavy atom. The zero-order chi connectivity index (χ0) is 15.9. The predicted molar refractivity (Wildman–Crippen MR) is 81.3 cm³/mol. The molecule has 0 saturated carbocycles. The fourth-order valence-corrected chi connectivity index (χ4v) is 2.61. The molecule has 6 heteroatoms. The number of urea groups is 1. The van der Waals surface area contributed by atoms with Gasteiger partial charge < -0.3 is 9.73 Å². The number of benzene rings is 1. The average molecular weight is 319 g/mol. The highest BCUT2D eigenvalue weighted by Gasteiger charge is 2.50. The molecule has 1 aromatic heterocycles. The number of furan rings is 1. The van der Waals surface area contributed by atoms with Gasteiger partial charge in [-0.25, -0.2) is 4.79 Å². The molecular formula is C16H15ClN2O3. The second-order valence-corrected chi connectivity index (χ2v) is 5.92. The molecule has 0 unspecified atom stereocenters. The average Bonchev–Trinajstić information content (AvgIpc) is 3.00.